The van der Waals surface area contributed by atoms with Crippen LogP contribution in [0.25, 0.3) is 0 Å². The van der Waals surface area contributed by atoms with E-state index in [1.54, 1.807) is 0 Å². The zero-order valence-corrected chi connectivity index (χ0v) is 14.5. The van der Waals surface area contributed by atoms with E-state index in [0.717, 1.165) is 4.99 Å². The molecule has 0 N–H and O–H groups in total. The molecule has 0 aromatic heterocycles. The molecule has 1 fully saturated rings. The summed E-state index contributed by atoms with van der Waals surface area (Å²) in [5.41, 5.74) is 2.57. The van der Waals surface area contributed by atoms with Crippen molar-refractivity contribution in [2.24, 2.45) is 11.3 Å². The first-order chi connectivity index (χ1) is 10.4. The number of rotatable bonds is 2. The molecule has 1 unspecified atom stereocenters. The number of hydrogen-bond acceptors (Lipinski definition) is 1. The van der Waals surface area contributed by atoms with Gasteiger partial charge in [0.15, 0.2) is 0 Å². The summed E-state index contributed by atoms with van der Waals surface area (Å²) in [5.74, 6) is 0.310. The maximum absolute atomic E-state index is 5.75. The Morgan fingerprint density at radius 1 is 0.864 bits per heavy atom. The summed E-state index contributed by atoms with van der Waals surface area (Å²) < 4.78 is 0. The van der Waals surface area contributed by atoms with Crippen LogP contribution in [-0.2, 0) is 5.54 Å². The average Bonchev–Trinajstić information content (AvgIpc) is 2.51. The molecule has 1 aliphatic rings. The van der Waals surface area contributed by atoms with E-state index in [4.69, 9.17) is 12.2 Å². The molecular weight excluding hydrogens is 286 g/mol. The SMILES string of the molecule is CN1C(=S)C(C(C)(C)C)C1(c1ccccc1)c1ccccc1. The first-order valence-electron chi connectivity index (χ1n) is 7.79. The normalized spacial score (nSPS) is 20.6. The van der Waals surface area contributed by atoms with Gasteiger partial charge in [-0.3, -0.25) is 0 Å². The van der Waals surface area contributed by atoms with Gasteiger partial charge >= 0.3 is 0 Å². The Kier molecular flexibility index (Phi) is 3.60. The van der Waals surface area contributed by atoms with Crippen molar-refractivity contribution >= 4 is 17.2 Å². The quantitative estimate of drug-likeness (QED) is 0.728. The smallest absolute Gasteiger partial charge is 0.100 e. The summed E-state index contributed by atoms with van der Waals surface area (Å²) in [6.45, 7) is 6.87. The molecule has 0 aliphatic carbocycles. The molecule has 1 saturated heterocycles. The van der Waals surface area contributed by atoms with Gasteiger partial charge in [0.25, 0.3) is 0 Å². The maximum Gasteiger partial charge on any atom is 0.100 e. The molecule has 114 valence electrons. The third-order valence-electron chi connectivity index (χ3n) is 4.82. The molecule has 2 aromatic rings. The second-order valence-electron chi connectivity index (χ2n) is 7.19. The van der Waals surface area contributed by atoms with Crippen molar-refractivity contribution < 1.29 is 0 Å². The Hall–Kier alpha value is -1.67. The Morgan fingerprint density at radius 3 is 1.64 bits per heavy atom. The molecule has 2 aromatic carbocycles. The molecule has 2 heteroatoms. The first-order valence-corrected chi connectivity index (χ1v) is 8.19. The van der Waals surface area contributed by atoms with E-state index in [1.165, 1.54) is 11.1 Å². The molecule has 0 bridgehead atoms. The van der Waals surface area contributed by atoms with E-state index >= 15 is 0 Å². The van der Waals surface area contributed by atoms with Gasteiger partial charge in [-0.2, -0.15) is 0 Å². The summed E-state index contributed by atoms with van der Waals surface area (Å²) in [7, 11) is 2.13. The first kappa shape index (κ1) is 15.2. The minimum Gasteiger partial charge on any atom is -0.354 e. The van der Waals surface area contributed by atoms with Gasteiger partial charge in [-0.25, -0.2) is 0 Å². The van der Waals surface area contributed by atoms with Crippen molar-refractivity contribution in [3.05, 3.63) is 71.8 Å². The molecule has 3 rings (SSSR count). The van der Waals surface area contributed by atoms with Gasteiger partial charge in [0.1, 0.15) is 5.54 Å². The Balaban J connectivity index is 2.27. The van der Waals surface area contributed by atoms with Crippen LogP contribution in [0.4, 0.5) is 0 Å². The molecule has 22 heavy (non-hydrogen) atoms. The van der Waals surface area contributed by atoms with E-state index in [2.05, 4.69) is 93.4 Å². The van der Waals surface area contributed by atoms with Crippen LogP contribution in [0.15, 0.2) is 60.7 Å². The second-order valence-corrected chi connectivity index (χ2v) is 7.61. The summed E-state index contributed by atoms with van der Waals surface area (Å²) in [5, 5.41) is 0. The fourth-order valence-electron chi connectivity index (χ4n) is 3.94. The number of hydrogen-bond donors (Lipinski definition) is 0. The van der Waals surface area contributed by atoms with Crippen molar-refractivity contribution in [3.63, 3.8) is 0 Å². The van der Waals surface area contributed by atoms with Gasteiger partial charge < -0.3 is 4.90 Å². The van der Waals surface area contributed by atoms with Crippen molar-refractivity contribution in [3.8, 4) is 0 Å². The molecule has 1 nitrogen and oxygen atoms in total. The third-order valence-corrected chi connectivity index (χ3v) is 5.33. The van der Waals surface area contributed by atoms with E-state index in [1.807, 2.05) is 0 Å². The van der Waals surface area contributed by atoms with Crippen LogP contribution in [0, 0.1) is 11.3 Å². The van der Waals surface area contributed by atoms with E-state index in [0.29, 0.717) is 5.92 Å². The van der Waals surface area contributed by atoms with Gasteiger partial charge in [-0.05, 0) is 16.5 Å². The summed E-state index contributed by atoms with van der Waals surface area (Å²) >= 11 is 5.75. The lowest BCUT2D eigenvalue weighted by atomic mass is 9.57. The zero-order valence-electron chi connectivity index (χ0n) is 13.7. The van der Waals surface area contributed by atoms with E-state index in [-0.39, 0.29) is 11.0 Å². The van der Waals surface area contributed by atoms with Crippen LogP contribution in [0.1, 0.15) is 31.9 Å². The fraction of sp³-hybridized carbons (Fsp3) is 0.350. The van der Waals surface area contributed by atoms with Crippen molar-refractivity contribution in [1.29, 1.82) is 0 Å². The van der Waals surface area contributed by atoms with Crippen LogP contribution < -0.4 is 0 Å². The summed E-state index contributed by atoms with van der Waals surface area (Å²) in [4.78, 5) is 3.34. The summed E-state index contributed by atoms with van der Waals surface area (Å²) in [6.07, 6.45) is 0. The molecule has 0 amide bonds. The van der Waals surface area contributed by atoms with Crippen molar-refractivity contribution in [2.75, 3.05) is 7.05 Å². The average molecular weight is 309 g/mol. The summed E-state index contributed by atoms with van der Waals surface area (Å²) in [6, 6.07) is 21.5. The second kappa shape index (κ2) is 5.20. The molecule has 1 atom stereocenters. The predicted molar refractivity (Wildman–Crippen MR) is 97.0 cm³/mol. The standard InChI is InChI=1S/C20H23NS/c1-19(2,3)17-18(22)21(4)20(17,15-11-7-5-8-12-15)16-13-9-6-10-14-16/h5-14,17H,1-4H3. The van der Waals surface area contributed by atoms with E-state index in [9.17, 15) is 0 Å². The van der Waals surface area contributed by atoms with Crippen LogP contribution in [-0.4, -0.2) is 16.9 Å². The van der Waals surface area contributed by atoms with Gasteiger partial charge in [-0.15, -0.1) is 0 Å². The molecule has 1 heterocycles. The van der Waals surface area contributed by atoms with Crippen LogP contribution >= 0.6 is 12.2 Å². The Labute approximate surface area is 139 Å². The Morgan fingerprint density at radius 2 is 1.27 bits per heavy atom. The lowest BCUT2D eigenvalue weighted by Gasteiger charge is -2.63. The van der Waals surface area contributed by atoms with Gasteiger partial charge in [-0.1, -0.05) is 93.7 Å². The van der Waals surface area contributed by atoms with Gasteiger partial charge in [0.05, 0.1) is 4.99 Å². The lowest BCUT2D eigenvalue weighted by molar-refractivity contribution is 0.0461. The van der Waals surface area contributed by atoms with Crippen molar-refractivity contribution in [2.45, 2.75) is 26.3 Å². The van der Waals surface area contributed by atoms with Crippen LogP contribution in [0.5, 0.6) is 0 Å². The third kappa shape index (κ3) is 2.01. The van der Waals surface area contributed by atoms with Gasteiger partial charge in [0.2, 0.25) is 0 Å². The molecule has 0 radical (unpaired) electrons. The fourth-order valence-corrected chi connectivity index (χ4v) is 4.61. The topological polar surface area (TPSA) is 3.24 Å². The lowest BCUT2D eigenvalue weighted by Crippen LogP contribution is -2.70. The number of likely N-dealkylation sites (tertiary alicyclic amines) is 1. The maximum atomic E-state index is 5.75. The zero-order chi connectivity index (χ0) is 16.0. The molecule has 0 saturated carbocycles. The number of nitrogens with zero attached hydrogens (tertiary/aromatic N) is 1. The highest BCUT2D eigenvalue weighted by Crippen LogP contribution is 2.57. The van der Waals surface area contributed by atoms with Crippen LogP contribution in [0.3, 0.4) is 0 Å². The highest BCUT2D eigenvalue weighted by atomic mass is 32.1. The molecule has 0 spiro atoms. The highest BCUT2D eigenvalue weighted by molar-refractivity contribution is 7.80. The van der Waals surface area contributed by atoms with Crippen LogP contribution in [0.2, 0.25) is 0 Å². The molecular formula is C20H23NS. The largest absolute Gasteiger partial charge is 0.354 e. The monoisotopic (exact) mass is 309 g/mol. The predicted octanol–water partition coefficient (Wildman–Crippen LogP) is 4.87. The van der Waals surface area contributed by atoms with Gasteiger partial charge in [0, 0.05) is 13.0 Å². The van der Waals surface area contributed by atoms with Crippen molar-refractivity contribution in [1.82, 2.24) is 4.90 Å². The highest BCUT2D eigenvalue weighted by Gasteiger charge is 2.61. The molecule has 1 aliphatic heterocycles. The number of benzene rings is 2. The minimum absolute atomic E-state index is 0.106. The van der Waals surface area contributed by atoms with E-state index < -0.39 is 0 Å². The number of thiocarbonyl (C=S) groups is 1. The Bertz CT molecular complexity index is 630. The minimum atomic E-state index is -0.169.